The number of ether oxygens (including phenoxy) is 1. The number of nitrogens with zero attached hydrogens (tertiary/aromatic N) is 2. The normalized spacial score (nSPS) is 24.4. The lowest BCUT2D eigenvalue weighted by Crippen LogP contribution is -2.40. The van der Waals surface area contributed by atoms with Gasteiger partial charge in [-0.3, -0.25) is 9.78 Å². The molecule has 2 aliphatic heterocycles. The minimum absolute atomic E-state index is 0.0644. The van der Waals surface area contributed by atoms with E-state index in [9.17, 15) is 4.79 Å². The lowest BCUT2D eigenvalue weighted by molar-refractivity contribution is -0.123. The molecule has 1 amide bonds. The van der Waals surface area contributed by atoms with Gasteiger partial charge in [-0.15, -0.1) is 0 Å². The highest BCUT2D eigenvalue weighted by Gasteiger charge is 2.34. The van der Waals surface area contributed by atoms with E-state index in [-0.39, 0.29) is 5.91 Å². The number of carbonyl (C=O) groups is 1. The summed E-state index contributed by atoms with van der Waals surface area (Å²) >= 11 is 0. The van der Waals surface area contributed by atoms with Crippen LogP contribution in [0.3, 0.4) is 0 Å². The van der Waals surface area contributed by atoms with Crippen molar-refractivity contribution < 1.29 is 9.53 Å². The first-order chi connectivity index (χ1) is 10.1. The van der Waals surface area contributed by atoms with Gasteiger partial charge < -0.3 is 15.0 Å². The van der Waals surface area contributed by atoms with E-state index in [0.29, 0.717) is 12.6 Å². The Morgan fingerprint density at radius 1 is 1.52 bits per heavy atom. The van der Waals surface area contributed by atoms with E-state index in [1.165, 1.54) is 0 Å². The molecule has 1 N–H and O–H groups in total. The Hall–Kier alpha value is -1.62. The quantitative estimate of drug-likeness (QED) is 0.928. The molecule has 0 aromatic carbocycles. The summed E-state index contributed by atoms with van der Waals surface area (Å²) in [6.45, 7) is 6.45. The van der Waals surface area contributed by atoms with Gasteiger partial charge in [0.25, 0.3) is 0 Å². The molecule has 114 valence electrons. The average Bonchev–Trinajstić information content (AvgIpc) is 2.94. The van der Waals surface area contributed by atoms with Gasteiger partial charge in [0, 0.05) is 25.9 Å². The van der Waals surface area contributed by atoms with E-state index in [1.54, 1.807) is 6.20 Å². The maximum Gasteiger partial charge on any atom is 0.231 e. The molecule has 5 heteroatoms. The van der Waals surface area contributed by atoms with Crippen molar-refractivity contribution in [1.29, 1.82) is 0 Å². The van der Waals surface area contributed by atoms with Gasteiger partial charge in [0.2, 0.25) is 5.91 Å². The van der Waals surface area contributed by atoms with E-state index in [1.807, 2.05) is 26.1 Å². The number of anilines is 2. The third-order valence-corrected chi connectivity index (χ3v) is 4.33. The Morgan fingerprint density at radius 3 is 3.14 bits per heavy atom. The van der Waals surface area contributed by atoms with Crippen LogP contribution in [0.25, 0.3) is 0 Å². The van der Waals surface area contributed by atoms with E-state index >= 15 is 0 Å². The summed E-state index contributed by atoms with van der Waals surface area (Å²) in [5, 5.41) is 3.02. The van der Waals surface area contributed by atoms with Crippen molar-refractivity contribution in [2.75, 3.05) is 29.9 Å². The smallest absolute Gasteiger partial charge is 0.231 e. The van der Waals surface area contributed by atoms with Crippen LogP contribution in [0.2, 0.25) is 0 Å². The maximum atomic E-state index is 12.3. The number of nitrogens with one attached hydrogen (secondary N) is 1. The number of carbonyl (C=O) groups excluding carboxylic acids is 1. The van der Waals surface area contributed by atoms with Gasteiger partial charge >= 0.3 is 0 Å². The highest BCUT2D eigenvalue weighted by Crippen LogP contribution is 2.33. The van der Waals surface area contributed by atoms with Crippen LogP contribution in [0.4, 0.5) is 11.4 Å². The zero-order valence-corrected chi connectivity index (χ0v) is 12.8. The number of aromatic nitrogens is 1. The van der Waals surface area contributed by atoms with Gasteiger partial charge in [0.15, 0.2) is 0 Å². The monoisotopic (exact) mass is 289 g/mol. The van der Waals surface area contributed by atoms with Gasteiger partial charge in [0.1, 0.15) is 0 Å². The molecule has 0 aliphatic carbocycles. The minimum Gasteiger partial charge on any atom is -0.378 e. The molecular formula is C16H23N3O2. The Kier molecular flexibility index (Phi) is 3.85. The molecule has 1 atom stereocenters. The van der Waals surface area contributed by atoms with Crippen molar-refractivity contribution in [3.63, 3.8) is 0 Å². The molecule has 1 aromatic rings. The number of hydrogen-bond donors (Lipinski definition) is 1. The molecule has 0 spiro atoms. The van der Waals surface area contributed by atoms with E-state index in [2.05, 4.69) is 15.2 Å². The SMILES string of the molecule is CC1(C)CN(CCC2CCCO2)c2cnccc2NC1=O. The van der Waals surface area contributed by atoms with E-state index < -0.39 is 5.41 Å². The second-order valence-electron chi connectivity index (χ2n) is 6.58. The van der Waals surface area contributed by atoms with Gasteiger partial charge in [0.05, 0.1) is 29.1 Å². The van der Waals surface area contributed by atoms with Gasteiger partial charge in [-0.25, -0.2) is 0 Å². The van der Waals surface area contributed by atoms with Gasteiger partial charge in [-0.1, -0.05) is 0 Å². The highest BCUT2D eigenvalue weighted by molar-refractivity contribution is 5.99. The number of amides is 1. The Morgan fingerprint density at radius 2 is 2.38 bits per heavy atom. The van der Waals surface area contributed by atoms with Crippen molar-refractivity contribution >= 4 is 17.3 Å². The summed E-state index contributed by atoms with van der Waals surface area (Å²) in [6.07, 6.45) is 7.23. The third kappa shape index (κ3) is 3.02. The molecule has 0 saturated carbocycles. The summed E-state index contributed by atoms with van der Waals surface area (Å²) in [4.78, 5) is 18.8. The van der Waals surface area contributed by atoms with Crippen LogP contribution < -0.4 is 10.2 Å². The van der Waals surface area contributed by atoms with Crippen LogP contribution in [-0.4, -0.2) is 36.7 Å². The third-order valence-electron chi connectivity index (χ3n) is 4.33. The fourth-order valence-electron chi connectivity index (χ4n) is 3.04. The summed E-state index contributed by atoms with van der Waals surface area (Å²) in [6, 6.07) is 1.87. The fourth-order valence-corrected chi connectivity index (χ4v) is 3.04. The van der Waals surface area contributed by atoms with E-state index in [0.717, 1.165) is 43.8 Å². The first-order valence-corrected chi connectivity index (χ1v) is 7.68. The minimum atomic E-state index is -0.421. The topological polar surface area (TPSA) is 54.5 Å². The average molecular weight is 289 g/mol. The zero-order valence-electron chi connectivity index (χ0n) is 12.8. The summed E-state index contributed by atoms with van der Waals surface area (Å²) in [5.41, 5.74) is 1.44. The molecule has 0 radical (unpaired) electrons. The number of fused-ring (bicyclic) bond motifs is 1. The predicted molar refractivity (Wildman–Crippen MR) is 82.5 cm³/mol. The van der Waals surface area contributed by atoms with Crippen molar-refractivity contribution in [2.24, 2.45) is 5.41 Å². The molecule has 1 fully saturated rings. The molecule has 3 heterocycles. The van der Waals surface area contributed by atoms with Crippen molar-refractivity contribution in [1.82, 2.24) is 4.98 Å². The summed E-state index contributed by atoms with van der Waals surface area (Å²) in [5.74, 6) is 0.0644. The summed E-state index contributed by atoms with van der Waals surface area (Å²) in [7, 11) is 0. The van der Waals surface area contributed by atoms with Crippen molar-refractivity contribution in [3.8, 4) is 0 Å². The molecule has 5 nitrogen and oxygen atoms in total. The van der Waals surface area contributed by atoms with Crippen LogP contribution in [0, 0.1) is 5.41 Å². The van der Waals surface area contributed by atoms with Crippen molar-refractivity contribution in [3.05, 3.63) is 18.5 Å². The Labute approximate surface area is 125 Å². The molecule has 1 saturated heterocycles. The summed E-state index contributed by atoms with van der Waals surface area (Å²) < 4.78 is 5.71. The molecule has 1 aromatic heterocycles. The molecule has 3 rings (SSSR count). The van der Waals surface area contributed by atoms with Gasteiger partial charge in [-0.2, -0.15) is 0 Å². The standard InChI is InChI=1S/C16H23N3O2/c1-16(2)11-19(8-6-12-4-3-9-21-12)14-10-17-7-5-13(14)18-15(16)20/h5,7,10,12H,3-4,6,8-9,11H2,1-2H3,(H,18,20). The second-order valence-corrected chi connectivity index (χ2v) is 6.58. The number of rotatable bonds is 3. The first-order valence-electron chi connectivity index (χ1n) is 7.68. The van der Waals surface area contributed by atoms with E-state index in [4.69, 9.17) is 4.74 Å². The fraction of sp³-hybridized carbons (Fsp3) is 0.625. The lowest BCUT2D eigenvalue weighted by atomic mass is 9.92. The molecule has 0 bridgehead atoms. The Bertz CT molecular complexity index is 524. The van der Waals surface area contributed by atoms with Crippen LogP contribution in [0.15, 0.2) is 18.5 Å². The molecular weight excluding hydrogens is 266 g/mol. The molecule has 2 aliphatic rings. The van der Waals surface area contributed by atoms with Crippen molar-refractivity contribution in [2.45, 2.75) is 39.2 Å². The first kappa shape index (κ1) is 14.3. The number of hydrogen-bond acceptors (Lipinski definition) is 4. The second kappa shape index (κ2) is 5.64. The van der Waals surface area contributed by atoms with Crippen LogP contribution >= 0.6 is 0 Å². The van der Waals surface area contributed by atoms with Gasteiger partial charge in [-0.05, 0) is 39.2 Å². The largest absolute Gasteiger partial charge is 0.378 e. The maximum absolute atomic E-state index is 12.3. The van der Waals surface area contributed by atoms with Crippen LogP contribution in [0.1, 0.15) is 33.1 Å². The Balaban J connectivity index is 1.80. The molecule has 21 heavy (non-hydrogen) atoms. The van der Waals surface area contributed by atoms with Crippen LogP contribution in [0.5, 0.6) is 0 Å². The number of pyridine rings is 1. The predicted octanol–water partition coefficient (Wildman–Crippen LogP) is 2.44. The zero-order chi connectivity index (χ0) is 14.9. The lowest BCUT2D eigenvalue weighted by Gasteiger charge is -2.30. The highest BCUT2D eigenvalue weighted by atomic mass is 16.5. The van der Waals surface area contributed by atoms with Crippen LogP contribution in [-0.2, 0) is 9.53 Å². The molecule has 1 unspecified atom stereocenters.